The number of carbonyl (C=O) groups excluding carboxylic acids is 1. The van der Waals surface area contributed by atoms with Crippen LogP contribution in [0.3, 0.4) is 0 Å². The second-order valence-corrected chi connectivity index (χ2v) is 8.37. The number of nitrogens with one attached hydrogen (secondary N) is 1. The van der Waals surface area contributed by atoms with Crippen molar-refractivity contribution < 1.29 is 13.2 Å². The topological polar surface area (TPSA) is 69.7 Å². The molecule has 0 bridgehead atoms. The molecule has 0 atom stereocenters. The molecule has 0 saturated carbocycles. The van der Waals surface area contributed by atoms with Gasteiger partial charge < -0.3 is 10.2 Å². The Morgan fingerprint density at radius 3 is 2.17 bits per heavy atom. The van der Waals surface area contributed by atoms with E-state index in [1.54, 1.807) is 0 Å². The number of benzene rings is 1. The maximum atomic E-state index is 12.2. The summed E-state index contributed by atoms with van der Waals surface area (Å²) in [6.07, 6.45) is 2.06. The van der Waals surface area contributed by atoms with Gasteiger partial charge in [0.25, 0.3) is 0 Å². The van der Waals surface area contributed by atoms with Crippen LogP contribution in [-0.2, 0) is 14.8 Å². The van der Waals surface area contributed by atoms with Gasteiger partial charge in [0.05, 0.1) is 6.26 Å². The van der Waals surface area contributed by atoms with Crippen LogP contribution in [0.4, 0.5) is 5.69 Å². The molecular formula is C17H29N3O3S. The van der Waals surface area contributed by atoms with Gasteiger partial charge in [-0.05, 0) is 52.0 Å². The second kappa shape index (κ2) is 9.15. The minimum Gasteiger partial charge on any atom is -0.326 e. The molecule has 0 aliphatic carbocycles. The number of hydrogen-bond donors (Lipinski definition) is 1. The molecule has 1 aromatic rings. The molecule has 0 heterocycles. The van der Waals surface area contributed by atoms with Crippen LogP contribution in [0.25, 0.3) is 0 Å². The molecule has 1 amide bonds. The van der Waals surface area contributed by atoms with Gasteiger partial charge in [-0.25, -0.2) is 12.7 Å². The third-order valence-corrected chi connectivity index (χ3v) is 5.12. The monoisotopic (exact) mass is 355 g/mol. The summed E-state index contributed by atoms with van der Waals surface area (Å²) in [6.45, 7) is 5.30. The third kappa shape index (κ3) is 6.98. The van der Waals surface area contributed by atoms with Crippen molar-refractivity contribution in [2.75, 3.05) is 45.3 Å². The molecule has 0 spiro atoms. The zero-order chi connectivity index (χ0) is 18.3. The fourth-order valence-corrected chi connectivity index (χ4v) is 3.33. The third-order valence-electron chi connectivity index (χ3n) is 3.82. The average molecular weight is 356 g/mol. The number of sulfonamides is 1. The molecule has 1 N–H and O–H groups in total. The molecule has 0 aliphatic heterocycles. The van der Waals surface area contributed by atoms with Crippen LogP contribution >= 0.6 is 0 Å². The minimum absolute atomic E-state index is 0.142. The fourth-order valence-electron chi connectivity index (χ4n) is 2.45. The fraction of sp³-hybridized carbons (Fsp3) is 0.588. The van der Waals surface area contributed by atoms with Crippen molar-refractivity contribution >= 4 is 21.6 Å². The summed E-state index contributed by atoms with van der Waals surface area (Å²) in [5, 5.41) is 2.89. The Hall–Kier alpha value is -1.44. The molecule has 7 heteroatoms. The summed E-state index contributed by atoms with van der Waals surface area (Å²) >= 11 is 0. The number of amides is 1. The molecule has 0 saturated heterocycles. The lowest BCUT2D eigenvalue weighted by molar-refractivity contribution is -0.116. The van der Waals surface area contributed by atoms with Gasteiger partial charge in [0, 0.05) is 25.2 Å². The van der Waals surface area contributed by atoms with Crippen LogP contribution in [0.5, 0.6) is 0 Å². The van der Waals surface area contributed by atoms with Crippen LogP contribution < -0.4 is 5.32 Å². The SMILES string of the molecule is Cc1cccc(C)c1NC(=O)CCN(CCCN(C)C)S(C)(=O)=O. The predicted octanol–water partition coefficient (Wildman–Crippen LogP) is 1.85. The zero-order valence-corrected chi connectivity index (χ0v) is 16.1. The number of anilines is 1. The Balaban J connectivity index is 2.61. The number of rotatable bonds is 9. The van der Waals surface area contributed by atoms with E-state index in [-0.39, 0.29) is 18.9 Å². The largest absolute Gasteiger partial charge is 0.326 e. The van der Waals surface area contributed by atoms with E-state index in [1.165, 1.54) is 10.6 Å². The molecule has 1 rings (SSSR count). The molecule has 0 aliphatic rings. The molecule has 1 aromatic carbocycles. The van der Waals surface area contributed by atoms with Crippen molar-refractivity contribution in [3.05, 3.63) is 29.3 Å². The smallest absolute Gasteiger partial charge is 0.225 e. The van der Waals surface area contributed by atoms with Gasteiger partial charge in [0.2, 0.25) is 15.9 Å². The highest BCUT2D eigenvalue weighted by Gasteiger charge is 2.18. The summed E-state index contributed by atoms with van der Waals surface area (Å²) in [6, 6.07) is 5.82. The molecule has 0 aromatic heterocycles. The first kappa shape index (κ1) is 20.6. The van der Waals surface area contributed by atoms with E-state index in [0.717, 1.165) is 29.8 Å². The summed E-state index contributed by atoms with van der Waals surface area (Å²) in [7, 11) is 0.581. The zero-order valence-electron chi connectivity index (χ0n) is 15.3. The number of aryl methyl sites for hydroxylation is 2. The van der Waals surface area contributed by atoms with Crippen LogP contribution in [0, 0.1) is 13.8 Å². The first-order chi connectivity index (χ1) is 11.1. The maximum absolute atomic E-state index is 12.2. The Kier molecular flexibility index (Phi) is 7.86. The highest BCUT2D eigenvalue weighted by molar-refractivity contribution is 7.88. The Labute approximate surface area is 145 Å². The lowest BCUT2D eigenvalue weighted by atomic mass is 10.1. The van der Waals surface area contributed by atoms with Crippen LogP contribution in [-0.4, -0.2) is 63.5 Å². The standard InChI is InChI=1S/C17H29N3O3S/c1-14-8-6-9-15(2)17(14)18-16(21)10-13-20(24(5,22)23)12-7-11-19(3)4/h6,8-9H,7,10-13H2,1-5H3,(H,18,21). The molecule has 136 valence electrons. The summed E-state index contributed by atoms with van der Waals surface area (Å²) in [4.78, 5) is 14.2. The average Bonchev–Trinajstić information content (AvgIpc) is 2.45. The lowest BCUT2D eigenvalue weighted by Crippen LogP contribution is -2.35. The van der Waals surface area contributed by atoms with E-state index < -0.39 is 10.0 Å². The molecule has 0 unspecified atom stereocenters. The van der Waals surface area contributed by atoms with Crippen molar-refractivity contribution in [3.8, 4) is 0 Å². The normalized spacial score (nSPS) is 12.0. The van der Waals surface area contributed by atoms with Gasteiger partial charge >= 0.3 is 0 Å². The highest BCUT2D eigenvalue weighted by Crippen LogP contribution is 2.19. The van der Waals surface area contributed by atoms with Crippen LogP contribution in [0.1, 0.15) is 24.0 Å². The van der Waals surface area contributed by atoms with Crippen molar-refractivity contribution in [2.24, 2.45) is 0 Å². The highest BCUT2D eigenvalue weighted by atomic mass is 32.2. The first-order valence-electron chi connectivity index (χ1n) is 8.07. The Morgan fingerprint density at radius 1 is 1.08 bits per heavy atom. The van der Waals surface area contributed by atoms with Crippen molar-refractivity contribution in [1.82, 2.24) is 9.21 Å². The quantitative estimate of drug-likeness (QED) is 0.734. The Bertz CT molecular complexity index is 637. The van der Waals surface area contributed by atoms with Crippen molar-refractivity contribution in [1.29, 1.82) is 0 Å². The van der Waals surface area contributed by atoms with Crippen molar-refractivity contribution in [3.63, 3.8) is 0 Å². The summed E-state index contributed by atoms with van der Waals surface area (Å²) in [5.74, 6) is -0.173. The minimum atomic E-state index is -3.31. The van der Waals surface area contributed by atoms with Gasteiger partial charge in [-0.1, -0.05) is 18.2 Å². The second-order valence-electron chi connectivity index (χ2n) is 6.38. The number of nitrogens with zero attached hydrogens (tertiary/aromatic N) is 2. The van der Waals surface area contributed by atoms with E-state index in [2.05, 4.69) is 5.32 Å². The molecule has 0 radical (unpaired) electrons. The van der Waals surface area contributed by atoms with E-state index in [4.69, 9.17) is 0 Å². The number of carbonyl (C=O) groups is 1. The van der Waals surface area contributed by atoms with Crippen molar-refractivity contribution in [2.45, 2.75) is 26.7 Å². The molecule has 24 heavy (non-hydrogen) atoms. The van der Waals surface area contributed by atoms with E-state index in [9.17, 15) is 13.2 Å². The van der Waals surface area contributed by atoms with Crippen LogP contribution in [0.2, 0.25) is 0 Å². The molecule has 6 nitrogen and oxygen atoms in total. The van der Waals surface area contributed by atoms with Crippen LogP contribution in [0.15, 0.2) is 18.2 Å². The van der Waals surface area contributed by atoms with Gasteiger partial charge in [-0.15, -0.1) is 0 Å². The first-order valence-corrected chi connectivity index (χ1v) is 9.92. The van der Waals surface area contributed by atoms with Gasteiger partial charge in [-0.3, -0.25) is 4.79 Å². The summed E-state index contributed by atoms with van der Waals surface area (Å²) < 4.78 is 25.1. The maximum Gasteiger partial charge on any atom is 0.225 e. The molecule has 0 fully saturated rings. The van der Waals surface area contributed by atoms with Gasteiger partial charge in [0.1, 0.15) is 0 Å². The van der Waals surface area contributed by atoms with E-state index in [0.29, 0.717) is 6.54 Å². The predicted molar refractivity (Wildman–Crippen MR) is 98.8 cm³/mol. The lowest BCUT2D eigenvalue weighted by Gasteiger charge is -2.21. The van der Waals surface area contributed by atoms with Gasteiger partial charge in [0.15, 0.2) is 0 Å². The number of para-hydroxylation sites is 1. The molecular weight excluding hydrogens is 326 g/mol. The van der Waals surface area contributed by atoms with Gasteiger partial charge in [-0.2, -0.15) is 0 Å². The Morgan fingerprint density at radius 2 is 1.67 bits per heavy atom. The summed E-state index contributed by atoms with van der Waals surface area (Å²) in [5.41, 5.74) is 2.80. The van der Waals surface area contributed by atoms with E-state index >= 15 is 0 Å². The van der Waals surface area contributed by atoms with E-state index in [1.807, 2.05) is 51.0 Å². The number of hydrogen-bond acceptors (Lipinski definition) is 4.